The molecule has 0 aliphatic carbocycles. The number of sulfone groups is 1. The zero-order valence-electron chi connectivity index (χ0n) is 11.2. The van der Waals surface area contributed by atoms with Crippen molar-refractivity contribution in [3.05, 3.63) is 30.3 Å². The van der Waals surface area contributed by atoms with Gasteiger partial charge in [-0.3, -0.25) is 4.90 Å². The molecular formula is C14H18FNO3S. The highest BCUT2D eigenvalue weighted by Gasteiger charge is 2.63. The van der Waals surface area contributed by atoms with Crippen molar-refractivity contribution in [2.45, 2.75) is 47.3 Å². The zero-order chi connectivity index (χ0) is 14.5. The molecule has 4 atom stereocenters. The van der Waals surface area contributed by atoms with Crippen LogP contribution in [-0.2, 0) is 9.84 Å². The van der Waals surface area contributed by atoms with Gasteiger partial charge in [-0.05, 0) is 32.0 Å². The van der Waals surface area contributed by atoms with E-state index in [-0.39, 0.29) is 11.3 Å². The molecule has 2 heterocycles. The Kier molecular flexibility index (Phi) is 3.15. The minimum atomic E-state index is -4.07. The molecule has 6 heteroatoms. The van der Waals surface area contributed by atoms with Crippen LogP contribution in [0.4, 0.5) is 4.39 Å². The van der Waals surface area contributed by atoms with E-state index in [4.69, 9.17) is 0 Å². The van der Waals surface area contributed by atoms with Gasteiger partial charge in [0.1, 0.15) is 0 Å². The van der Waals surface area contributed by atoms with Crippen molar-refractivity contribution in [3.8, 4) is 0 Å². The Morgan fingerprint density at radius 2 is 1.95 bits per heavy atom. The molecule has 2 bridgehead atoms. The number of likely N-dealkylation sites (N-methyl/N-ethyl adjacent to an activating group) is 1. The third kappa shape index (κ3) is 1.75. The summed E-state index contributed by atoms with van der Waals surface area (Å²) in [6, 6.07) is 6.64. The second-order valence-corrected chi connectivity index (χ2v) is 7.86. The van der Waals surface area contributed by atoms with Crippen molar-refractivity contribution >= 4 is 9.84 Å². The molecule has 1 aromatic carbocycles. The lowest BCUT2D eigenvalue weighted by molar-refractivity contribution is 0.0239. The predicted octanol–water partition coefficient (Wildman–Crippen LogP) is 1.35. The van der Waals surface area contributed by atoms with Crippen LogP contribution in [0.15, 0.2) is 35.2 Å². The molecule has 0 saturated carbocycles. The molecule has 1 N–H and O–H groups in total. The van der Waals surface area contributed by atoms with Gasteiger partial charge in [0, 0.05) is 12.5 Å². The lowest BCUT2D eigenvalue weighted by Crippen LogP contribution is -2.49. The van der Waals surface area contributed by atoms with E-state index in [9.17, 15) is 13.5 Å². The Labute approximate surface area is 118 Å². The summed E-state index contributed by atoms with van der Waals surface area (Å²) < 4.78 is 40.7. The highest BCUT2D eigenvalue weighted by molar-refractivity contribution is 7.92. The summed E-state index contributed by atoms with van der Waals surface area (Å²) in [4.78, 5) is 1.70. The summed E-state index contributed by atoms with van der Waals surface area (Å²) in [5, 5.41) is 7.62. The molecule has 1 aromatic rings. The lowest BCUT2D eigenvalue weighted by Gasteiger charge is -2.36. The van der Waals surface area contributed by atoms with Gasteiger partial charge in [-0.2, -0.15) is 0 Å². The smallest absolute Gasteiger partial charge is 0.232 e. The van der Waals surface area contributed by atoms with Crippen molar-refractivity contribution in [1.29, 1.82) is 0 Å². The van der Waals surface area contributed by atoms with Gasteiger partial charge in [0.2, 0.25) is 14.8 Å². The average molecular weight is 299 g/mol. The van der Waals surface area contributed by atoms with Crippen molar-refractivity contribution in [2.24, 2.45) is 0 Å². The van der Waals surface area contributed by atoms with Crippen LogP contribution in [0, 0.1) is 0 Å². The van der Waals surface area contributed by atoms with Crippen LogP contribution in [-0.4, -0.2) is 48.7 Å². The Morgan fingerprint density at radius 1 is 1.30 bits per heavy atom. The molecule has 0 aromatic heterocycles. The van der Waals surface area contributed by atoms with E-state index in [1.165, 1.54) is 12.1 Å². The number of piperidine rings is 1. The number of aliphatic hydroxyl groups is 1. The van der Waals surface area contributed by atoms with Gasteiger partial charge in [-0.15, -0.1) is 0 Å². The number of halogens is 1. The first-order chi connectivity index (χ1) is 9.38. The molecule has 0 unspecified atom stereocenters. The Balaban J connectivity index is 2.06. The number of hydrogen-bond acceptors (Lipinski definition) is 4. The van der Waals surface area contributed by atoms with Gasteiger partial charge in [-0.25, -0.2) is 12.8 Å². The SMILES string of the molecule is CN1[C@H]2CC[C@@H](O)[C@@H]1C[C@@]2(F)S(=O)(=O)c1ccccc1. The van der Waals surface area contributed by atoms with Gasteiger partial charge in [0.15, 0.2) is 0 Å². The second kappa shape index (κ2) is 4.51. The molecule has 2 fully saturated rings. The van der Waals surface area contributed by atoms with Gasteiger partial charge in [0.25, 0.3) is 0 Å². The van der Waals surface area contributed by atoms with Crippen LogP contribution in [0.3, 0.4) is 0 Å². The molecular weight excluding hydrogens is 281 g/mol. The van der Waals surface area contributed by atoms with Crippen LogP contribution in [0.5, 0.6) is 0 Å². The van der Waals surface area contributed by atoms with Crippen molar-refractivity contribution in [1.82, 2.24) is 4.90 Å². The van der Waals surface area contributed by atoms with Crippen molar-refractivity contribution in [3.63, 3.8) is 0 Å². The lowest BCUT2D eigenvalue weighted by atomic mass is 10.0. The summed E-state index contributed by atoms with van der Waals surface area (Å²) >= 11 is 0. The third-order valence-corrected chi connectivity index (χ3v) is 6.91. The van der Waals surface area contributed by atoms with Crippen LogP contribution in [0.2, 0.25) is 0 Å². The van der Waals surface area contributed by atoms with Crippen LogP contribution in [0.1, 0.15) is 19.3 Å². The summed E-state index contributed by atoms with van der Waals surface area (Å²) in [6.45, 7) is 0. The Bertz CT molecular complexity index is 606. The number of rotatable bonds is 2. The van der Waals surface area contributed by atoms with E-state index >= 15 is 4.39 Å². The maximum atomic E-state index is 15.4. The first kappa shape index (κ1) is 14.0. The molecule has 2 aliphatic rings. The maximum Gasteiger partial charge on any atom is 0.232 e. The van der Waals surface area contributed by atoms with Gasteiger partial charge in [0.05, 0.1) is 17.0 Å². The second-order valence-electron chi connectivity index (χ2n) is 5.70. The van der Waals surface area contributed by atoms with Crippen LogP contribution < -0.4 is 0 Å². The molecule has 20 heavy (non-hydrogen) atoms. The summed E-state index contributed by atoms with van der Waals surface area (Å²) in [7, 11) is -2.37. The van der Waals surface area contributed by atoms with Crippen LogP contribution >= 0.6 is 0 Å². The molecule has 3 rings (SSSR count). The number of fused-ring (bicyclic) bond motifs is 2. The fraction of sp³-hybridized carbons (Fsp3) is 0.571. The molecule has 4 nitrogen and oxygen atoms in total. The number of hydrogen-bond donors (Lipinski definition) is 1. The molecule has 2 saturated heterocycles. The predicted molar refractivity (Wildman–Crippen MR) is 72.7 cm³/mol. The van der Waals surface area contributed by atoms with E-state index in [1.54, 1.807) is 30.1 Å². The summed E-state index contributed by atoms with van der Waals surface area (Å²) in [5.74, 6) is 0. The first-order valence-electron chi connectivity index (χ1n) is 6.76. The van der Waals surface area contributed by atoms with Crippen molar-refractivity contribution < 1.29 is 17.9 Å². The number of alkyl halides is 1. The monoisotopic (exact) mass is 299 g/mol. The van der Waals surface area contributed by atoms with E-state index in [0.29, 0.717) is 12.8 Å². The molecule has 110 valence electrons. The standard InChI is InChI=1S/C14H18FNO3S/c1-16-11-9-14(15,13(16)8-7-12(11)17)20(18,19)10-5-3-2-4-6-10/h2-6,11-13,17H,7-9H2,1H3/t11-,12+,13-,14+/m0/s1. The van der Waals surface area contributed by atoms with Crippen LogP contribution in [0.25, 0.3) is 0 Å². The maximum absolute atomic E-state index is 15.4. The zero-order valence-corrected chi connectivity index (χ0v) is 12.1. The van der Waals surface area contributed by atoms with Crippen molar-refractivity contribution in [2.75, 3.05) is 7.05 Å². The molecule has 0 spiro atoms. The fourth-order valence-corrected chi connectivity index (χ4v) is 5.47. The molecule has 0 amide bonds. The largest absolute Gasteiger partial charge is 0.391 e. The van der Waals surface area contributed by atoms with Gasteiger partial charge < -0.3 is 5.11 Å². The summed E-state index contributed by atoms with van der Waals surface area (Å²) in [6.07, 6.45) is -0.00119. The first-order valence-corrected chi connectivity index (χ1v) is 8.25. The Morgan fingerprint density at radius 3 is 2.55 bits per heavy atom. The van der Waals surface area contributed by atoms with Gasteiger partial charge >= 0.3 is 0 Å². The van der Waals surface area contributed by atoms with Gasteiger partial charge in [-0.1, -0.05) is 18.2 Å². The van der Waals surface area contributed by atoms with E-state index in [0.717, 1.165) is 0 Å². The number of nitrogens with zero attached hydrogens (tertiary/aromatic N) is 1. The third-order valence-electron chi connectivity index (χ3n) is 4.68. The number of benzene rings is 1. The molecule has 0 radical (unpaired) electrons. The highest BCUT2D eigenvalue weighted by Crippen LogP contribution is 2.48. The fourth-order valence-electron chi connectivity index (χ4n) is 3.53. The Hall–Kier alpha value is -0.980. The number of aliphatic hydroxyl groups excluding tert-OH is 1. The van der Waals surface area contributed by atoms with E-state index in [1.807, 2.05) is 0 Å². The molecule has 2 aliphatic heterocycles. The highest BCUT2D eigenvalue weighted by atomic mass is 32.2. The summed E-state index contributed by atoms with van der Waals surface area (Å²) in [5.41, 5.74) is 0. The van der Waals surface area contributed by atoms with E-state index in [2.05, 4.69) is 0 Å². The normalized spacial score (nSPS) is 38.0. The van der Waals surface area contributed by atoms with E-state index < -0.39 is 33.0 Å². The minimum Gasteiger partial charge on any atom is -0.391 e. The topological polar surface area (TPSA) is 57.6 Å². The quantitative estimate of drug-likeness (QED) is 0.896. The average Bonchev–Trinajstić information content (AvgIpc) is 2.60. The minimum absolute atomic E-state index is 0.0120.